The average Bonchev–Trinajstić information content (AvgIpc) is 3.12. The highest BCUT2D eigenvalue weighted by molar-refractivity contribution is 6.33. The number of rotatable bonds is 9. The third-order valence-electron chi connectivity index (χ3n) is 4.98. The molecule has 174 valence electrons. The van der Waals surface area contributed by atoms with Crippen LogP contribution in [0.2, 0.25) is 5.02 Å². The standard InChI is InChI=1S/C21H30ClN7O3/c1-6-9-27(11-30)21-24-18(23-14-7-8-15(20(31)32)16(22)10-14)17-19(25-21)29(13(4)5)26-28(17)12(2)3/h7-8,10,12-13,26,30H,6,9,11H2,1-5H3,(H,31,32)(H,23,24,25). The lowest BCUT2D eigenvalue weighted by atomic mass is 10.2. The van der Waals surface area contributed by atoms with Gasteiger partial charge in [0, 0.05) is 24.3 Å². The lowest BCUT2D eigenvalue weighted by Crippen LogP contribution is -2.50. The summed E-state index contributed by atoms with van der Waals surface area (Å²) in [4.78, 5) is 22.5. The second-order valence-electron chi connectivity index (χ2n) is 8.10. The molecule has 0 fully saturated rings. The van der Waals surface area contributed by atoms with Gasteiger partial charge in [0.25, 0.3) is 0 Å². The van der Waals surface area contributed by atoms with Gasteiger partial charge in [-0.3, -0.25) is 10.0 Å². The lowest BCUT2D eigenvalue weighted by molar-refractivity contribution is 0.0697. The minimum absolute atomic E-state index is 0.0247. The normalized spacial score (nSPS) is 13.2. The summed E-state index contributed by atoms with van der Waals surface area (Å²) in [7, 11) is 0. The van der Waals surface area contributed by atoms with Crippen LogP contribution in [0.3, 0.4) is 0 Å². The summed E-state index contributed by atoms with van der Waals surface area (Å²) in [5.41, 5.74) is 4.74. The van der Waals surface area contributed by atoms with Crippen molar-refractivity contribution in [1.29, 1.82) is 0 Å². The zero-order valence-electron chi connectivity index (χ0n) is 18.9. The first-order valence-electron chi connectivity index (χ1n) is 10.6. The van der Waals surface area contributed by atoms with E-state index in [1.165, 1.54) is 6.07 Å². The predicted octanol–water partition coefficient (Wildman–Crippen LogP) is 3.60. The van der Waals surface area contributed by atoms with E-state index in [2.05, 4.69) is 24.7 Å². The van der Waals surface area contributed by atoms with Crippen LogP contribution in [-0.4, -0.2) is 51.5 Å². The number of hydrazine groups is 2. The molecule has 0 radical (unpaired) electrons. The Morgan fingerprint density at radius 2 is 1.91 bits per heavy atom. The van der Waals surface area contributed by atoms with Crippen LogP contribution in [0.4, 0.5) is 29.0 Å². The van der Waals surface area contributed by atoms with Crippen LogP contribution < -0.4 is 25.8 Å². The molecule has 1 aliphatic rings. The van der Waals surface area contributed by atoms with Crippen LogP contribution in [-0.2, 0) is 0 Å². The Hall–Kier alpha value is -2.82. The molecule has 3 rings (SSSR count). The number of nitrogens with one attached hydrogen (secondary N) is 2. The number of carboxylic acids is 1. The van der Waals surface area contributed by atoms with Crippen molar-refractivity contribution in [2.75, 3.05) is 33.5 Å². The van der Waals surface area contributed by atoms with E-state index in [9.17, 15) is 15.0 Å². The van der Waals surface area contributed by atoms with Crippen LogP contribution in [0.25, 0.3) is 0 Å². The zero-order chi connectivity index (χ0) is 23.6. The maximum atomic E-state index is 11.3. The first-order valence-corrected chi connectivity index (χ1v) is 11.0. The van der Waals surface area contributed by atoms with Crippen molar-refractivity contribution in [3.05, 3.63) is 28.8 Å². The molecule has 0 bridgehead atoms. The molecule has 11 heteroatoms. The van der Waals surface area contributed by atoms with Gasteiger partial charge in [-0.1, -0.05) is 18.5 Å². The quantitative estimate of drug-likeness (QED) is 0.411. The molecule has 0 aliphatic carbocycles. The van der Waals surface area contributed by atoms with Crippen molar-refractivity contribution < 1.29 is 15.0 Å². The Kier molecular flexibility index (Phi) is 7.27. The molecule has 1 aromatic carbocycles. The number of nitrogens with zero attached hydrogens (tertiary/aromatic N) is 5. The van der Waals surface area contributed by atoms with Gasteiger partial charge in [0.15, 0.2) is 11.6 Å². The highest BCUT2D eigenvalue weighted by Gasteiger charge is 2.35. The van der Waals surface area contributed by atoms with Gasteiger partial charge < -0.3 is 20.4 Å². The molecule has 4 N–H and O–H groups in total. The molecule has 0 saturated heterocycles. The Morgan fingerprint density at radius 3 is 2.44 bits per heavy atom. The van der Waals surface area contributed by atoms with Crippen LogP contribution in [0.5, 0.6) is 0 Å². The number of anilines is 5. The SMILES string of the molecule is CCCN(CO)c1nc(Nc2ccc(C(=O)O)c(Cl)c2)c2c(n1)N(C(C)C)NN2C(C)C. The van der Waals surface area contributed by atoms with Gasteiger partial charge in [0.05, 0.1) is 10.6 Å². The number of aromatic carboxylic acids is 1. The monoisotopic (exact) mass is 463 g/mol. The number of fused-ring (bicyclic) bond motifs is 1. The van der Waals surface area contributed by atoms with Crippen molar-refractivity contribution in [2.45, 2.75) is 53.1 Å². The molecular weight excluding hydrogens is 434 g/mol. The highest BCUT2D eigenvalue weighted by atomic mass is 35.5. The van der Waals surface area contributed by atoms with Crippen molar-refractivity contribution in [2.24, 2.45) is 0 Å². The molecule has 0 atom stereocenters. The summed E-state index contributed by atoms with van der Waals surface area (Å²) in [6.07, 6.45) is 0.820. The van der Waals surface area contributed by atoms with Gasteiger partial charge in [-0.25, -0.2) is 4.79 Å². The molecule has 0 amide bonds. The summed E-state index contributed by atoms with van der Waals surface area (Å²) in [6, 6.07) is 4.84. The number of benzene rings is 1. The molecule has 2 heterocycles. The summed E-state index contributed by atoms with van der Waals surface area (Å²) in [6.45, 7) is 10.6. The summed E-state index contributed by atoms with van der Waals surface area (Å²) >= 11 is 6.17. The van der Waals surface area contributed by atoms with Crippen LogP contribution in [0.15, 0.2) is 18.2 Å². The molecular formula is C21H30ClN7O3. The number of halogens is 1. The van der Waals surface area contributed by atoms with Crippen molar-refractivity contribution in [1.82, 2.24) is 15.5 Å². The number of aliphatic hydroxyl groups is 1. The van der Waals surface area contributed by atoms with E-state index in [0.29, 0.717) is 29.8 Å². The molecule has 2 aromatic rings. The number of aromatic nitrogens is 2. The molecule has 0 unspecified atom stereocenters. The first kappa shape index (κ1) is 23.8. The number of hydrogen-bond donors (Lipinski definition) is 4. The fourth-order valence-electron chi connectivity index (χ4n) is 3.40. The molecule has 0 spiro atoms. The Bertz CT molecular complexity index is 986. The third kappa shape index (κ3) is 4.67. The molecule has 1 aromatic heterocycles. The second-order valence-corrected chi connectivity index (χ2v) is 8.51. The van der Waals surface area contributed by atoms with Crippen LogP contribution in [0, 0.1) is 0 Å². The van der Waals surface area contributed by atoms with Gasteiger partial charge in [-0.2, -0.15) is 9.97 Å². The van der Waals surface area contributed by atoms with E-state index in [-0.39, 0.29) is 29.4 Å². The van der Waals surface area contributed by atoms with Crippen molar-refractivity contribution >= 4 is 46.5 Å². The lowest BCUT2D eigenvalue weighted by Gasteiger charge is -2.27. The van der Waals surface area contributed by atoms with E-state index in [4.69, 9.17) is 21.6 Å². The smallest absolute Gasteiger partial charge is 0.337 e. The summed E-state index contributed by atoms with van der Waals surface area (Å²) < 4.78 is 0. The summed E-state index contributed by atoms with van der Waals surface area (Å²) in [5, 5.41) is 26.5. The number of carboxylic acid groups (broad SMARTS) is 1. The third-order valence-corrected chi connectivity index (χ3v) is 5.29. The predicted molar refractivity (Wildman–Crippen MR) is 127 cm³/mol. The Morgan fingerprint density at radius 1 is 1.22 bits per heavy atom. The van der Waals surface area contributed by atoms with E-state index in [0.717, 1.165) is 12.1 Å². The Labute approximate surface area is 192 Å². The van der Waals surface area contributed by atoms with Gasteiger partial charge in [-0.05, 0) is 52.3 Å². The van der Waals surface area contributed by atoms with Crippen LogP contribution >= 0.6 is 11.6 Å². The summed E-state index contributed by atoms with van der Waals surface area (Å²) in [5.74, 6) is 0.502. The fraction of sp³-hybridized carbons (Fsp3) is 0.476. The first-order chi connectivity index (χ1) is 15.2. The highest BCUT2D eigenvalue weighted by Crippen LogP contribution is 2.42. The number of aliphatic hydroxyl groups excluding tert-OH is 1. The maximum absolute atomic E-state index is 11.3. The fourth-order valence-corrected chi connectivity index (χ4v) is 3.67. The van der Waals surface area contributed by atoms with E-state index >= 15 is 0 Å². The zero-order valence-corrected chi connectivity index (χ0v) is 19.7. The average molecular weight is 464 g/mol. The number of carbonyl (C=O) groups is 1. The molecule has 1 aliphatic heterocycles. The van der Waals surface area contributed by atoms with E-state index in [1.54, 1.807) is 17.0 Å². The minimum Gasteiger partial charge on any atom is -0.478 e. The maximum Gasteiger partial charge on any atom is 0.337 e. The molecule has 0 saturated carbocycles. The topological polar surface area (TPSA) is 117 Å². The van der Waals surface area contributed by atoms with Gasteiger partial charge in [0.2, 0.25) is 5.95 Å². The van der Waals surface area contributed by atoms with Gasteiger partial charge >= 0.3 is 5.97 Å². The molecule has 32 heavy (non-hydrogen) atoms. The van der Waals surface area contributed by atoms with E-state index < -0.39 is 5.97 Å². The van der Waals surface area contributed by atoms with Gasteiger partial charge in [-0.15, -0.1) is 5.53 Å². The van der Waals surface area contributed by atoms with Crippen molar-refractivity contribution in [3.63, 3.8) is 0 Å². The second kappa shape index (κ2) is 9.76. The largest absolute Gasteiger partial charge is 0.478 e. The minimum atomic E-state index is -1.09. The van der Waals surface area contributed by atoms with Gasteiger partial charge in [0.1, 0.15) is 12.4 Å². The van der Waals surface area contributed by atoms with Crippen LogP contribution in [0.1, 0.15) is 51.4 Å². The van der Waals surface area contributed by atoms with E-state index in [1.807, 2.05) is 30.8 Å². The molecule has 10 nitrogen and oxygen atoms in total. The number of hydrogen-bond acceptors (Lipinski definition) is 9. The Balaban J connectivity index is 2.14. The van der Waals surface area contributed by atoms with Crippen molar-refractivity contribution in [3.8, 4) is 0 Å².